The molecule has 0 aliphatic carbocycles. The molecule has 0 atom stereocenters. The summed E-state index contributed by atoms with van der Waals surface area (Å²) in [6.45, 7) is 11.6. The summed E-state index contributed by atoms with van der Waals surface area (Å²) in [7, 11) is 0. The summed E-state index contributed by atoms with van der Waals surface area (Å²) in [5.41, 5.74) is 3.30. The predicted octanol–water partition coefficient (Wildman–Crippen LogP) is 3.00. The second kappa shape index (κ2) is 11.1. The van der Waals surface area contributed by atoms with Gasteiger partial charge in [-0.1, -0.05) is 13.0 Å². The highest BCUT2D eigenvalue weighted by Gasteiger charge is 2.22. The van der Waals surface area contributed by atoms with Crippen LogP contribution in [0.4, 0.5) is 5.13 Å². The molecule has 1 fully saturated rings. The first-order chi connectivity index (χ1) is 14.7. The molecular weight excluding hydrogens is 523 g/mol. The van der Waals surface area contributed by atoms with Crippen LogP contribution < -0.4 is 10.2 Å². The monoisotopic (exact) mass is 554 g/mol. The van der Waals surface area contributed by atoms with Crippen LogP contribution in [-0.2, 0) is 12.8 Å². The molecule has 3 aromatic heterocycles. The average Bonchev–Trinajstić information content (AvgIpc) is 3.41. The molecule has 4 rings (SSSR count). The number of hydrogen-bond acceptors (Lipinski definition) is 6. The Morgan fingerprint density at radius 2 is 2.00 bits per heavy atom. The Kier molecular flexibility index (Phi) is 8.47. The van der Waals surface area contributed by atoms with Crippen molar-refractivity contribution in [2.24, 2.45) is 4.99 Å². The highest BCUT2D eigenvalue weighted by Crippen LogP contribution is 2.19. The van der Waals surface area contributed by atoms with Crippen LogP contribution in [-0.4, -0.2) is 68.9 Å². The number of halogens is 1. The quantitative estimate of drug-likeness (QED) is 0.287. The van der Waals surface area contributed by atoms with Gasteiger partial charge in [-0.15, -0.1) is 24.0 Å². The number of guanidine groups is 1. The van der Waals surface area contributed by atoms with Gasteiger partial charge in [-0.25, -0.2) is 9.97 Å². The van der Waals surface area contributed by atoms with Crippen LogP contribution in [0, 0.1) is 6.92 Å². The van der Waals surface area contributed by atoms with Crippen LogP contribution in [0.1, 0.15) is 30.9 Å². The smallest absolute Gasteiger partial charge is 0.205 e. The third kappa shape index (κ3) is 5.65. The lowest BCUT2D eigenvalue weighted by atomic mass is 10.3. The largest absolute Gasteiger partial charge is 0.357 e. The van der Waals surface area contributed by atoms with Crippen molar-refractivity contribution in [3.05, 3.63) is 41.6 Å². The fraction of sp³-hybridized carbons (Fsp3) is 0.524. The van der Waals surface area contributed by atoms with Crippen LogP contribution >= 0.6 is 35.5 Å². The van der Waals surface area contributed by atoms with Gasteiger partial charge in [0, 0.05) is 76.0 Å². The number of fused-ring (bicyclic) bond motifs is 1. The molecule has 0 bridgehead atoms. The highest BCUT2D eigenvalue weighted by molar-refractivity contribution is 14.0. The normalized spacial score (nSPS) is 14.7. The number of hydrogen-bond donors (Lipinski definition) is 1. The fourth-order valence-electron chi connectivity index (χ4n) is 3.65. The van der Waals surface area contributed by atoms with E-state index >= 15 is 0 Å². The summed E-state index contributed by atoms with van der Waals surface area (Å²) in [5.74, 6) is 1.93. The van der Waals surface area contributed by atoms with Crippen molar-refractivity contribution < 1.29 is 0 Å². The number of aromatic nitrogens is 4. The summed E-state index contributed by atoms with van der Waals surface area (Å²) < 4.78 is 6.51. The van der Waals surface area contributed by atoms with Crippen LogP contribution in [0.5, 0.6) is 0 Å². The lowest BCUT2D eigenvalue weighted by Crippen LogP contribution is -2.52. The second-order valence-corrected chi connectivity index (χ2v) is 8.19. The first kappa shape index (κ1) is 23.7. The molecule has 0 unspecified atom stereocenters. The van der Waals surface area contributed by atoms with Gasteiger partial charge in [0.05, 0.1) is 5.69 Å². The van der Waals surface area contributed by atoms with E-state index in [0.29, 0.717) is 0 Å². The maximum Gasteiger partial charge on any atom is 0.205 e. The molecule has 0 saturated carbocycles. The Morgan fingerprint density at radius 3 is 2.68 bits per heavy atom. The molecule has 4 heterocycles. The fourth-order valence-corrected chi connectivity index (χ4v) is 4.45. The molecule has 0 radical (unpaired) electrons. The summed E-state index contributed by atoms with van der Waals surface area (Å²) >= 11 is 1.51. The molecule has 8 nitrogen and oxygen atoms in total. The van der Waals surface area contributed by atoms with E-state index in [0.717, 1.165) is 80.4 Å². The molecule has 1 aliphatic rings. The van der Waals surface area contributed by atoms with E-state index in [1.807, 2.05) is 6.20 Å². The number of rotatable bonds is 6. The van der Waals surface area contributed by atoms with Gasteiger partial charge in [0.1, 0.15) is 11.5 Å². The van der Waals surface area contributed by atoms with Gasteiger partial charge in [0.25, 0.3) is 0 Å². The number of imidazole rings is 1. The number of aryl methyl sites for hydroxylation is 2. The molecule has 10 heteroatoms. The Labute approximate surface area is 205 Å². The van der Waals surface area contributed by atoms with Crippen molar-refractivity contribution in [1.29, 1.82) is 0 Å². The standard InChI is InChI=1S/C21H30N8S.HI/c1-4-18-25-21(30-26-18)28-13-11-27(12-14-28)20(22-5-2)23-9-8-17-15-29-10-6-7-16(3)19(29)24-17;/h6-7,10,15H,4-5,8-9,11-14H2,1-3H3,(H,22,23);1H. The van der Waals surface area contributed by atoms with E-state index in [2.05, 4.69) is 68.0 Å². The van der Waals surface area contributed by atoms with Crippen molar-refractivity contribution in [3.8, 4) is 0 Å². The number of piperazine rings is 1. The molecule has 1 aliphatic heterocycles. The third-order valence-electron chi connectivity index (χ3n) is 5.32. The first-order valence-electron chi connectivity index (χ1n) is 10.7. The number of nitrogens with zero attached hydrogens (tertiary/aromatic N) is 7. The Bertz CT molecular complexity index is 1010. The van der Waals surface area contributed by atoms with Gasteiger partial charge in [0.15, 0.2) is 5.96 Å². The first-order valence-corrected chi connectivity index (χ1v) is 11.5. The summed E-state index contributed by atoms with van der Waals surface area (Å²) in [4.78, 5) is 18.9. The predicted molar refractivity (Wildman–Crippen MR) is 138 cm³/mol. The zero-order chi connectivity index (χ0) is 20.9. The Morgan fingerprint density at radius 1 is 1.19 bits per heavy atom. The molecule has 3 aromatic rings. The van der Waals surface area contributed by atoms with Crippen molar-refractivity contribution in [1.82, 2.24) is 29.0 Å². The molecule has 1 N–H and O–H groups in total. The SMILES string of the molecule is CCNC(=NCCc1cn2cccc(C)c2n1)N1CCN(c2nc(CC)ns2)CC1.I. The molecule has 31 heavy (non-hydrogen) atoms. The summed E-state index contributed by atoms with van der Waals surface area (Å²) in [5, 5.41) is 4.49. The van der Waals surface area contributed by atoms with Crippen molar-refractivity contribution in [3.63, 3.8) is 0 Å². The van der Waals surface area contributed by atoms with Gasteiger partial charge in [-0.2, -0.15) is 4.37 Å². The second-order valence-electron chi connectivity index (χ2n) is 7.46. The molecule has 0 spiro atoms. The number of pyridine rings is 1. The topological polar surface area (TPSA) is 74.0 Å². The van der Waals surface area contributed by atoms with Crippen molar-refractivity contribution in [2.75, 3.05) is 44.2 Å². The lowest BCUT2D eigenvalue weighted by molar-refractivity contribution is 0.372. The maximum absolute atomic E-state index is 4.88. The molecule has 0 amide bonds. The maximum atomic E-state index is 4.88. The molecule has 1 saturated heterocycles. The van der Waals surface area contributed by atoms with Gasteiger partial charge in [-0.05, 0) is 25.5 Å². The molecule has 0 aromatic carbocycles. The van der Waals surface area contributed by atoms with E-state index in [1.54, 1.807) is 0 Å². The third-order valence-corrected chi connectivity index (χ3v) is 6.13. The van der Waals surface area contributed by atoms with E-state index in [9.17, 15) is 0 Å². The Hall–Kier alpha value is -1.95. The highest BCUT2D eigenvalue weighted by atomic mass is 127. The zero-order valence-electron chi connectivity index (χ0n) is 18.4. The van der Waals surface area contributed by atoms with Gasteiger partial charge < -0.3 is 19.5 Å². The van der Waals surface area contributed by atoms with E-state index < -0.39 is 0 Å². The van der Waals surface area contributed by atoms with Crippen LogP contribution in [0.3, 0.4) is 0 Å². The van der Waals surface area contributed by atoms with Crippen molar-refractivity contribution >= 4 is 52.2 Å². The average molecular weight is 555 g/mol. The minimum Gasteiger partial charge on any atom is -0.357 e. The molecular formula is C21H31IN8S. The minimum absolute atomic E-state index is 0. The minimum atomic E-state index is 0. The van der Waals surface area contributed by atoms with Crippen LogP contribution in [0.15, 0.2) is 29.5 Å². The van der Waals surface area contributed by atoms with Crippen LogP contribution in [0.2, 0.25) is 0 Å². The van der Waals surface area contributed by atoms with Crippen LogP contribution in [0.25, 0.3) is 5.65 Å². The van der Waals surface area contributed by atoms with Gasteiger partial charge in [0.2, 0.25) is 5.13 Å². The lowest BCUT2D eigenvalue weighted by Gasteiger charge is -2.36. The Balaban J connectivity index is 0.00000272. The van der Waals surface area contributed by atoms with E-state index in [-0.39, 0.29) is 24.0 Å². The number of aliphatic imine (C=N–C) groups is 1. The molecule has 168 valence electrons. The van der Waals surface area contributed by atoms with Gasteiger partial charge >= 0.3 is 0 Å². The number of nitrogens with one attached hydrogen (secondary N) is 1. The van der Waals surface area contributed by atoms with Crippen molar-refractivity contribution in [2.45, 2.75) is 33.6 Å². The summed E-state index contributed by atoms with van der Waals surface area (Å²) in [6, 6.07) is 4.15. The zero-order valence-corrected chi connectivity index (χ0v) is 21.6. The summed E-state index contributed by atoms with van der Waals surface area (Å²) in [6.07, 6.45) is 5.88. The van der Waals surface area contributed by atoms with E-state index in [1.165, 1.54) is 17.1 Å². The number of anilines is 1. The van der Waals surface area contributed by atoms with E-state index in [4.69, 9.17) is 9.98 Å². The van der Waals surface area contributed by atoms with Gasteiger partial charge in [-0.3, -0.25) is 4.99 Å².